The average molecular weight is 287 g/mol. The summed E-state index contributed by atoms with van der Waals surface area (Å²) in [5.41, 5.74) is 0.176. The zero-order valence-corrected chi connectivity index (χ0v) is 10.1. The van der Waals surface area contributed by atoms with Gasteiger partial charge in [0.2, 0.25) is 0 Å². The lowest BCUT2D eigenvalue weighted by molar-refractivity contribution is 0.0687. The molecular formula is C11H11BrO4. The van der Waals surface area contributed by atoms with Crippen LogP contribution in [0, 0.1) is 0 Å². The van der Waals surface area contributed by atoms with Gasteiger partial charge in [0.05, 0.1) is 13.2 Å². The molecule has 1 aromatic carbocycles. The number of carboxylic acids is 1. The molecule has 1 N–H and O–H groups in total. The SMILES string of the molecule is O=C(O)c1ccc(Br)cc1OC1CCOC1. The highest BCUT2D eigenvalue weighted by Crippen LogP contribution is 2.26. The normalized spacial score (nSPS) is 19.7. The highest BCUT2D eigenvalue weighted by atomic mass is 79.9. The third-order valence-corrected chi connectivity index (χ3v) is 2.85. The standard InChI is InChI=1S/C11H11BrO4/c12-7-1-2-9(11(13)14)10(5-7)16-8-3-4-15-6-8/h1-2,5,8H,3-4,6H2,(H,13,14). The molecule has 86 valence electrons. The van der Waals surface area contributed by atoms with Crippen molar-refractivity contribution in [3.63, 3.8) is 0 Å². The summed E-state index contributed by atoms with van der Waals surface area (Å²) in [6.45, 7) is 1.19. The predicted molar refractivity (Wildman–Crippen MR) is 61.0 cm³/mol. The number of aromatic carboxylic acids is 1. The van der Waals surface area contributed by atoms with E-state index >= 15 is 0 Å². The number of halogens is 1. The van der Waals surface area contributed by atoms with Crippen LogP contribution in [-0.4, -0.2) is 30.4 Å². The van der Waals surface area contributed by atoms with E-state index in [1.807, 2.05) is 0 Å². The maximum absolute atomic E-state index is 11.0. The van der Waals surface area contributed by atoms with Crippen LogP contribution < -0.4 is 4.74 Å². The molecule has 0 saturated carbocycles. The van der Waals surface area contributed by atoms with E-state index in [0.717, 1.165) is 10.9 Å². The van der Waals surface area contributed by atoms with Gasteiger partial charge in [-0.25, -0.2) is 4.79 Å². The molecule has 0 amide bonds. The molecule has 1 aromatic rings. The number of carboxylic acid groups (broad SMARTS) is 1. The zero-order chi connectivity index (χ0) is 11.5. The summed E-state index contributed by atoms with van der Waals surface area (Å²) in [5, 5.41) is 9.00. The molecule has 1 unspecified atom stereocenters. The highest BCUT2D eigenvalue weighted by molar-refractivity contribution is 9.10. The van der Waals surface area contributed by atoms with E-state index in [1.54, 1.807) is 12.1 Å². The molecule has 1 heterocycles. The minimum absolute atomic E-state index is 0.0487. The van der Waals surface area contributed by atoms with Crippen LogP contribution in [0.1, 0.15) is 16.8 Å². The molecule has 0 aromatic heterocycles. The molecule has 16 heavy (non-hydrogen) atoms. The molecule has 5 heteroatoms. The molecule has 1 aliphatic rings. The van der Waals surface area contributed by atoms with Crippen LogP contribution in [0.15, 0.2) is 22.7 Å². The van der Waals surface area contributed by atoms with Crippen molar-refractivity contribution in [1.82, 2.24) is 0 Å². The number of benzene rings is 1. The van der Waals surface area contributed by atoms with Gasteiger partial charge in [0, 0.05) is 10.9 Å². The van der Waals surface area contributed by atoms with Gasteiger partial charge in [-0.3, -0.25) is 0 Å². The summed E-state index contributed by atoms with van der Waals surface area (Å²) < 4.78 is 11.6. The summed E-state index contributed by atoms with van der Waals surface area (Å²) in [4.78, 5) is 11.0. The van der Waals surface area contributed by atoms with E-state index in [0.29, 0.717) is 19.0 Å². The second-order valence-electron chi connectivity index (χ2n) is 3.55. The number of ether oxygens (including phenoxy) is 2. The predicted octanol–water partition coefficient (Wildman–Crippen LogP) is 2.32. The van der Waals surface area contributed by atoms with Crippen LogP contribution in [-0.2, 0) is 4.74 Å². The first-order valence-corrected chi connectivity index (χ1v) is 5.73. The van der Waals surface area contributed by atoms with Crippen molar-refractivity contribution < 1.29 is 19.4 Å². The van der Waals surface area contributed by atoms with E-state index in [4.69, 9.17) is 14.6 Å². The van der Waals surface area contributed by atoms with E-state index in [-0.39, 0.29) is 11.7 Å². The van der Waals surface area contributed by atoms with Crippen molar-refractivity contribution in [1.29, 1.82) is 0 Å². The lowest BCUT2D eigenvalue weighted by atomic mass is 10.2. The molecule has 0 aliphatic carbocycles. The molecular weight excluding hydrogens is 276 g/mol. The summed E-state index contributed by atoms with van der Waals surface area (Å²) in [6.07, 6.45) is 0.748. The van der Waals surface area contributed by atoms with Gasteiger partial charge in [0.25, 0.3) is 0 Å². The Morgan fingerprint density at radius 3 is 3.00 bits per heavy atom. The summed E-state index contributed by atoms with van der Waals surface area (Å²) in [7, 11) is 0. The minimum Gasteiger partial charge on any atom is -0.487 e. The lowest BCUT2D eigenvalue weighted by Gasteiger charge is -2.14. The number of rotatable bonds is 3. The second kappa shape index (κ2) is 4.84. The first kappa shape index (κ1) is 11.4. The van der Waals surface area contributed by atoms with Gasteiger partial charge in [-0.15, -0.1) is 0 Å². The molecule has 1 fully saturated rings. The Kier molecular flexibility index (Phi) is 3.46. The van der Waals surface area contributed by atoms with Gasteiger partial charge >= 0.3 is 5.97 Å². The van der Waals surface area contributed by atoms with Crippen molar-refractivity contribution in [3.8, 4) is 5.75 Å². The quantitative estimate of drug-likeness (QED) is 0.927. The summed E-state index contributed by atoms with van der Waals surface area (Å²) in [5.74, 6) is -0.598. The molecule has 1 saturated heterocycles. The fourth-order valence-electron chi connectivity index (χ4n) is 1.56. The maximum Gasteiger partial charge on any atom is 0.339 e. The fraction of sp³-hybridized carbons (Fsp3) is 0.364. The molecule has 4 nitrogen and oxygen atoms in total. The van der Waals surface area contributed by atoms with Crippen LogP contribution >= 0.6 is 15.9 Å². The third kappa shape index (κ3) is 2.54. The monoisotopic (exact) mass is 286 g/mol. The largest absolute Gasteiger partial charge is 0.487 e. The van der Waals surface area contributed by atoms with Crippen LogP contribution in [0.3, 0.4) is 0 Å². The summed E-state index contributed by atoms with van der Waals surface area (Å²) >= 11 is 3.29. The molecule has 1 aliphatic heterocycles. The van der Waals surface area contributed by atoms with Crippen LogP contribution in [0.4, 0.5) is 0 Å². The van der Waals surface area contributed by atoms with Gasteiger partial charge < -0.3 is 14.6 Å². The van der Waals surface area contributed by atoms with Crippen molar-refractivity contribution >= 4 is 21.9 Å². The first-order chi connectivity index (χ1) is 7.66. The Hall–Kier alpha value is -1.07. The van der Waals surface area contributed by atoms with E-state index < -0.39 is 5.97 Å². The fourth-order valence-corrected chi connectivity index (χ4v) is 1.90. The Morgan fingerprint density at radius 1 is 1.56 bits per heavy atom. The Bertz CT molecular complexity index is 399. The van der Waals surface area contributed by atoms with Gasteiger partial charge in [-0.1, -0.05) is 15.9 Å². The van der Waals surface area contributed by atoms with E-state index in [1.165, 1.54) is 6.07 Å². The molecule has 2 rings (SSSR count). The maximum atomic E-state index is 11.0. The summed E-state index contributed by atoms with van der Waals surface area (Å²) in [6, 6.07) is 4.88. The molecule has 0 bridgehead atoms. The Morgan fingerprint density at radius 2 is 2.38 bits per heavy atom. The van der Waals surface area contributed by atoms with E-state index in [9.17, 15) is 4.79 Å². The number of hydrogen-bond donors (Lipinski definition) is 1. The van der Waals surface area contributed by atoms with Gasteiger partial charge in [-0.05, 0) is 18.2 Å². The molecule has 0 spiro atoms. The van der Waals surface area contributed by atoms with Crippen molar-refractivity contribution in [3.05, 3.63) is 28.2 Å². The topological polar surface area (TPSA) is 55.8 Å². The van der Waals surface area contributed by atoms with Crippen molar-refractivity contribution in [2.45, 2.75) is 12.5 Å². The van der Waals surface area contributed by atoms with Crippen LogP contribution in [0.25, 0.3) is 0 Å². The average Bonchev–Trinajstić information content (AvgIpc) is 2.70. The first-order valence-electron chi connectivity index (χ1n) is 4.94. The highest BCUT2D eigenvalue weighted by Gasteiger charge is 2.20. The van der Waals surface area contributed by atoms with Gasteiger partial charge in [0.1, 0.15) is 17.4 Å². The molecule has 0 radical (unpaired) electrons. The van der Waals surface area contributed by atoms with Crippen molar-refractivity contribution in [2.75, 3.05) is 13.2 Å². The molecule has 1 atom stereocenters. The van der Waals surface area contributed by atoms with Crippen LogP contribution in [0.2, 0.25) is 0 Å². The van der Waals surface area contributed by atoms with E-state index in [2.05, 4.69) is 15.9 Å². The zero-order valence-electron chi connectivity index (χ0n) is 8.48. The van der Waals surface area contributed by atoms with Gasteiger partial charge in [0.15, 0.2) is 0 Å². The van der Waals surface area contributed by atoms with Gasteiger partial charge in [-0.2, -0.15) is 0 Å². The van der Waals surface area contributed by atoms with Crippen molar-refractivity contribution in [2.24, 2.45) is 0 Å². The number of carbonyl (C=O) groups is 1. The smallest absolute Gasteiger partial charge is 0.339 e. The lowest BCUT2D eigenvalue weighted by Crippen LogP contribution is -2.17. The minimum atomic E-state index is -0.985. The van der Waals surface area contributed by atoms with Crippen LogP contribution in [0.5, 0.6) is 5.75 Å². The Balaban J connectivity index is 2.22. The number of hydrogen-bond acceptors (Lipinski definition) is 3. The Labute approximate surface area is 101 Å². The second-order valence-corrected chi connectivity index (χ2v) is 4.46. The third-order valence-electron chi connectivity index (χ3n) is 2.36.